The van der Waals surface area contributed by atoms with Gasteiger partial charge in [-0.3, -0.25) is 14.6 Å². The molecule has 11 nitrogen and oxygen atoms in total. The number of hydrogen-bond donors (Lipinski definition) is 4. The van der Waals surface area contributed by atoms with E-state index in [4.69, 9.17) is 27.0 Å². The van der Waals surface area contributed by atoms with Gasteiger partial charge in [-0.05, 0) is 12.8 Å². The minimum atomic E-state index is -1.20. The fourth-order valence-electron chi connectivity index (χ4n) is 1.82. The molecule has 0 saturated carbocycles. The number of carbonyl (C=O) groups excluding carboxylic acids is 2. The van der Waals surface area contributed by atoms with Gasteiger partial charge >= 0.3 is 11.9 Å². The summed E-state index contributed by atoms with van der Waals surface area (Å²) in [6.45, 7) is 2.13. The molecule has 0 spiro atoms. The van der Waals surface area contributed by atoms with Crippen molar-refractivity contribution in [3.63, 3.8) is 0 Å². The average Bonchev–Trinajstić information content (AvgIpc) is 2.40. The van der Waals surface area contributed by atoms with Gasteiger partial charge in [0.25, 0.3) is 0 Å². The van der Waals surface area contributed by atoms with Gasteiger partial charge in [0.2, 0.25) is 0 Å². The first-order chi connectivity index (χ1) is 11.7. The maximum Gasteiger partial charge on any atom is 0.320 e. The van der Waals surface area contributed by atoms with Crippen molar-refractivity contribution in [1.29, 1.82) is 0 Å². The Balaban J connectivity index is -0.000000194. The summed E-state index contributed by atoms with van der Waals surface area (Å²) in [7, 11) is 5.68. The van der Waals surface area contributed by atoms with Crippen LogP contribution in [-0.4, -0.2) is 79.8 Å². The highest BCUT2D eigenvalue weighted by Gasteiger charge is 2.20. The molecule has 0 aliphatic rings. The van der Waals surface area contributed by atoms with Crippen LogP contribution >= 0.6 is 24.8 Å². The molecule has 28 heavy (non-hydrogen) atoms. The normalized spacial score (nSPS) is 11.9. The van der Waals surface area contributed by atoms with Crippen molar-refractivity contribution in [1.82, 2.24) is 0 Å². The van der Waals surface area contributed by atoms with E-state index in [2.05, 4.69) is 4.99 Å². The molecule has 0 aromatic heterocycles. The first kappa shape index (κ1) is 33.7. The molecule has 0 saturated heterocycles. The van der Waals surface area contributed by atoms with Crippen LogP contribution in [0.25, 0.3) is 0 Å². The number of quaternary nitrogens is 1. The van der Waals surface area contributed by atoms with E-state index < -0.39 is 30.1 Å². The lowest BCUT2D eigenvalue weighted by molar-refractivity contribution is -0.873. The number of ether oxygens (including phenoxy) is 1. The third-order valence-corrected chi connectivity index (χ3v) is 2.76. The molecule has 0 bridgehead atoms. The smallest absolute Gasteiger partial charge is 0.320 e. The lowest BCUT2D eigenvalue weighted by Gasteiger charge is -2.28. The molecule has 0 aromatic rings. The van der Waals surface area contributed by atoms with Gasteiger partial charge in [-0.1, -0.05) is 0 Å². The minimum absolute atomic E-state index is 0. The number of likely N-dealkylation sites (N-methyl/N-ethyl adjacent to an activating group) is 1. The van der Waals surface area contributed by atoms with Crippen LogP contribution in [-0.2, 0) is 19.1 Å². The van der Waals surface area contributed by atoms with Gasteiger partial charge in [-0.15, -0.1) is 24.8 Å². The summed E-state index contributed by atoms with van der Waals surface area (Å²) in [6, 6.07) is -0.820. The summed E-state index contributed by atoms with van der Waals surface area (Å²) in [5, 5.41) is 18.7. The first-order valence-electron chi connectivity index (χ1n) is 7.96. The number of carbonyl (C=O) groups is 3. The van der Waals surface area contributed by atoms with Crippen molar-refractivity contribution >= 4 is 48.7 Å². The van der Waals surface area contributed by atoms with Crippen molar-refractivity contribution in [2.24, 2.45) is 22.2 Å². The van der Waals surface area contributed by atoms with Gasteiger partial charge in [-0.2, -0.15) is 0 Å². The summed E-state index contributed by atoms with van der Waals surface area (Å²) in [5.74, 6) is -2.66. The number of guanidine groups is 1. The predicted octanol–water partition coefficient (Wildman–Crippen LogP) is -1.94. The maximum atomic E-state index is 10.7. The highest BCUT2D eigenvalue weighted by Crippen LogP contribution is 2.04. The van der Waals surface area contributed by atoms with Gasteiger partial charge in [0, 0.05) is 25.9 Å². The predicted molar refractivity (Wildman–Crippen MR) is 108 cm³/mol. The SMILES string of the molecule is CC(=O)O[C@H](CC(=O)[O-])C[N+](C)(C)C.Cl.Cl.NC(N)=NCCC[C@H](N)C(=O)O. The van der Waals surface area contributed by atoms with Gasteiger partial charge in [0.1, 0.15) is 12.6 Å². The van der Waals surface area contributed by atoms with Gasteiger partial charge in [-0.25, -0.2) is 0 Å². The summed E-state index contributed by atoms with van der Waals surface area (Å²) < 4.78 is 5.39. The summed E-state index contributed by atoms with van der Waals surface area (Å²) in [4.78, 5) is 34.9. The lowest BCUT2D eigenvalue weighted by atomic mass is 10.2. The number of aliphatic imine (C=N–C) groups is 1. The van der Waals surface area contributed by atoms with E-state index >= 15 is 0 Å². The zero-order valence-electron chi connectivity index (χ0n) is 16.6. The Hall–Kier alpha value is -1.82. The highest BCUT2D eigenvalue weighted by molar-refractivity contribution is 5.85. The molecule has 7 N–H and O–H groups in total. The number of nitrogens with two attached hydrogens (primary N) is 3. The lowest BCUT2D eigenvalue weighted by Crippen LogP contribution is -2.45. The Bertz CT molecular complexity index is 480. The third-order valence-electron chi connectivity index (χ3n) is 2.76. The monoisotopic (exact) mass is 449 g/mol. The number of halogens is 2. The van der Waals surface area contributed by atoms with E-state index in [0.29, 0.717) is 30.4 Å². The molecular weight excluding hydrogens is 417 g/mol. The fourth-order valence-corrected chi connectivity index (χ4v) is 1.82. The number of esters is 1. The van der Waals surface area contributed by atoms with Crippen molar-refractivity contribution in [2.75, 3.05) is 34.2 Å². The van der Waals surface area contributed by atoms with Gasteiger partial charge in [0.05, 0.1) is 21.1 Å². The van der Waals surface area contributed by atoms with Gasteiger partial charge in [0.15, 0.2) is 12.1 Å². The molecule has 0 amide bonds. The second-order valence-corrected chi connectivity index (χ2v) is 6.67. The van der Waals surface area contributed by atoms with Crippen molar-refractivity contribution in [2.45, 2.75) is 38.3 Å². The van der Waals surface area contributed by atoms with Crippen LogP contribution in [0.3, 0.4) is 0 Å². The number of hydrogen-bond acceptors (Lipinski definition) is 7. The van der Waals surface area contributed by atoms with E-state index in [1.165, 1.54) is 6.92 Å². The highest BCUT2D eigenvalue weighted by atomic mass is 35.5. The number of nitrogens with zero attached hydrogens (tertiary/aromatic N) is 2. The van der Waals surface area contributed by atoms with E-state index in [0.717, 1.165) is 0 Å². The van der Waals surface area contributed by atoms with Crippen LogP contribution in [0.1, 0.15) is 26.2 Å². The zero-order valence-corrected chi connectivity index (χ0v) is 18.3. The number of carboxylic acid groups (broad SMARTS) is 2. The fraction of sp³-hybridized carbons (Fsp3) is 0.733. The second-order valence-electron chi connectivity index (χ2n) is 6.67. The molecular formula is C15H33Cl2N5O6. The molecule has 0 aliphatic carbocycles. The van der Waals surface area contributed by atoms with Crippen molar-refractivity contribution < 1.29 is 33.8 Å². The molecule has 168 valence electrons. The third kappa shape index (κ3) is 26.4. The number of carboxylic acids is 2. The molecule has 0 heterocycles. The van der Waals surface area contributed by atoms with Crippen LogP contribution in [0, 0.1) is 0 Å². The van der Waals surface area contributed by atoms with Crippen LogP contribution in [0.4, 0.5) is 0 Å². The van der Waals surface area contributed by atoms with Crippen molar-refractivity contribution in [3.8, 4) is 0 Å². The summed E-state index contributed by atoms with van der Waals surface area (Å²) in [5.41, 5.74) is 15.3. The second kappa shape index (κ2) is 17.3. The van der Waals surface area contributed by atoms with Crippen molar-refractivity contribution in [3.05, 3.63) is 0 Å². The van der Waals surface area contributed by atoms with Gasteiger partial charge < -0.3 is 41.4 Å². The Kier molecular flexibility index (Phi) is 20.8. The zero-order chi connectivity index (χ0) is 20.9. The molecule has 0 unspecified atom stereocenters. The molecule has 13 heteroatoms. The molecule has 0 rings (SSSR count). The van der Waals surface area contributed by atoms with Crippen LogP contribution < -0.4 is 22.3 Å². The quantitative estimate of drug-likeness (QED) is 0.0963. The molecule has 0 aliphatic heterocycles. The molecule has 0 aromatic carbocycles. The topological polar surface area (TPSA) is 194 Å². The largest absolute Gasteiger partial charge is 0.550 e. The van der Waals surface area contributed by atoms with Crippen LogP contribution in [0.5, 0.6) is 0 Å². The van der Waals surface area contributed by atoms with E-state index in [-0.39, 0.29) is 37.2 Å². The minimum Gasteiger partial charge on any atom is -0.550 e. The Morgan fingerprint density at radius 3 is 2.00 bits per heavy atom. The maximum absolute atomic E-state index is 10.7. The average molecular weight is 450 g/mol. The molecule has 0 fully saturated rings. The molecule has 0 radical (unpaired) electrons. The van der Waals surface area contributed by atoms with E-state index in [9.17, 15) is 19.5 Å². The Morgan fingerprint density at radius 2 is 1.68 bits per heavy atom. The first-order valence-corrected chi connectivity index (χ1v) is 7.96. The number of aliphatic carboxylic acids is 2. The van der Waals surface area contributed by atoms with E-state index in [1.807, 2.05) is 21.1 Å². The Morgan fingerprint density at radius 1 is 1.18 bits per heavy atom. The van der Waals surface area contributed by atoms with Crippen LogP contribution in [0.15, 0.2) is 4.99 Å². The molecule has 2 atom stereocenters. The number of rotatable bonds is 10. The van der Waals surface area contributed by atoms with E-state index in [1.54, 1.807) is 0 Å². The summed E-state index contributed by atoms with van der Waals surface area (Å²) >= 11 is 0. The Labute approximate surface area is 177 Å². The summed E-state index contributed by atoms with van der Waals surface area (Å²) in [6.07, 6.45) is 0.0875. The van der Waals surface area contributed by atoms with Crippen LogP contribution in [0.2, 0.25) is 0 Å². The standard InChI is InChI=1S/C9H17NO4.C6H14N4O2.2ClH/c1-7(11)14-8(5-9(12)13)6-10(2,3)4;7-4(5(11)12)2-1-3-10-6(8)9;;/h8H,5-6H2,1-4H3;4H,1-3,7H2,(H,11,12)(H4,8,9,10);2*1H/t8-;4-;;/m10../s1.